The smallest absolute Gasteiger partial charge is 0.408 e. The number of H-pyrrole nitrogens is 1. The van der Waals surface area contributed by atoms with E-state index in [4.69, 9.17) is 14.1 Å². The van der Waals surface area contributed by atoms with E-state index in [1.54, 1.807) is 0 Å². The van der Waals surface area contributed by atoms with Crippen LogP contribution in [0.5, 0.6) is 0 Å². The fraction of sp³-hybridized carbons (Fsp3) is 0.450. The molecule has 1 aromatic carbocycles. The largest absolute Gasteiger partial charge is 0.417 e. The third-order valence-corrected chi connectivity index (χ3v) is 7.61. The van der Waals surface area contributed by atoms with Crippen LogP contribution in [0.1, 0.15) is 5.69 Å². The number of oxazole rings is 1. The van der Waals surface area contributed by atoms with Gasteiger partial charge in [0.05, 0.1) is 23.6 Å². The summed E-state index contributed by atoms with van der Waals surface area (Å²) < 4.78 is 38.1. The van der Waals surface area contributed by atoms with Crippen molar-refractivity contribution in [2.75, 3.05) is 62.3 Å². The number of benzene rings is 1. The van der Waals surface area contributed by atoms with E-state index in [0.29, 0.717) is 56.4 Å². The van der Waals surface area contributed by atoms with Crippen LogP contribution in [0.4, 0.5) is 11.8 Å². The molecule has 2 aliphatic rings. The second-order valence-corrected chi connectivity index (χ2v) is 9.77. The van der Waals surface area contributed by atoms with Crippen molar-refractivity contribution in [2.24, 2.45) is 0 Å². The first-order valence-corrected chi connectivity index (χ1v) is 11.9. The van der Waals surface area contributed by atoms with Crippen LogP contribution >= 0.6 is 0 Å². The maximum absolute atomic E-state index is 13.1. The summed E-state index contributed by atoms with van der Waals surface area (Å²) in [6.07, 6.45) is 0. The molecule has 0 atom stereocenters. The number of nitrogens with one attached hydrogen (secondary N) is 1. The number of aromatic amines is 1. The Hall–Kier alpha value is -2.96. The highest BCUT2D eigenvalue weighted by atomic mass is 32.2. The lowest BCUT2D eigenvalue weighted by molar-refractivity contribution is 0.122. The first-order valence-electron chi connectivity index (χ1n) is 10.5. The van der Waals surface area contributed by atoms with Gasteiger partial charge in [-0.05, 0) is 25.1 Å². The fourth-order valence-electron chi connectivity index (χ4n) is 4.00. The molecule has 5 rings (SSSR count). The SMILES string of the molecule is Cc1cc(N2CCN(S(=O)(=O)c3ccc4oc(=O)[nH]c4c3)CC2)nc(N2CCOCC2)n1. The number of aryl methyl sites for hydroxylation is 1. The molecule has 1 N–H and O–H groups in total. The first kappa shape index (κ1) is 20.9. The van der Waals surface area contributed by atoms with E-state index in [1.807, 2.05) is 13.0 Å². The standard InChI is InChI=1S/C20H24N6O5S/c1-14-12-18(23-19(21-14)25-8-10-30-11-9-25)24-4-6-26(7-5-24)32(28,29)15-2-3-17-16(13-15)22-20(27)31-17/h2-3,12-13H,4-11H2,1H3,(H,22,27). The molecule has 0 saturated carbocycles. The number of ether oxygens (including phenoxy) is 1. The number of nitrogens with zero attached hydrogens (tertiary/aromatic N) is 5. The molecule has 4 heterocycles. The van der Waals surface area contributed by atoms with Gasteiger partial charge in [-0.15, -0.1) is 0 Å². The Morgan fingerprint density at radius 1 is 0.969 bits per heavy atom. The van der Waals surface area contributed by atoms with Crippen molar-refractivity contribution in [1.29, 1.82) is 0 Å². The molecule has 32 heavy (non-hydrogen) atoms. The van der Waals surface area contributed by atoms with Crippen molar-refractivity contribution in [3.63, 3.8) is 0 Å². The highest BCUT2D eigenvalue weighted by Crippen LogP contribution is 2.24. The van der Waals surface area contributed by atoms with E-state index in [9.17, 15) is 13.2 Å². The number of piperazine rings is 1. The molecule has 2 saturated heterocycles. The number of fused-ring (bicyclic) bond motifs is 1. The van der Waals surface area contributed by atoms with Gasteiger partial charge in [-0.1, -0.05) is 0 Å². The number of sulfonamides is 1. The Balaban J connectivity index is 1.32. The summed E-state index contributed by atoms with van der Waals surface area (Å²) in [5.74, 6) is 0.869. The Bertz CT molecular complexity index is 1290. The van der Waals surface area contributed by atoms with E-state index in [1.165, 1.54) is 22.5 Å². The molecule has 0 unspecified atom stereocenters. The van der Waals surface area contributed by atoms with Crippen LogP contribution in [-0.2, 0) is 14.8 Å². The van der Waals surface area contributed by atoms with Gasteiger partial charge in [0.1, 0.15) is 5.82 Å². The van der Waals surface area contributed by atoms with E-state index in [0.717, 1.165) is 24.6 Å². The van der Waals surface area contributed by atoms with Crippen LogP contribution in [0, 0.1) is 6.92 Å². The third kappa shape index (κ3) is 3.96. The number of anilines is 2. The minimum atomic E-state index is -3.70. The summed E-state index contributed by atoms with van der Waals surface area (Å²) in [5, 5.41) is 0. The van der Waals surface area contributed by atoms with Gasteiger partial charge in [-0.2, -0.15) is 9.29 Å². The summed E-state index contributed by atoms with van der Waals surface area (Å²) in [6, 6.07) is 6.32. The summed E-state index contributed by atoms with van der Waals surface area (Å²) >= 11 is 0. The molecule has 0 bridgehead atoms. The highest BCUT2D eigenvalue weighted by molar-refractivity contribution is 7.89. The molecular weight excluding hydrogens is 436 g/mol. The van der Waals surface area contributed by atoms with Gasteiger partial charge in [0.2, 0.25) is 16.0 Å². The summed E-state index contributed by atoms with van der Waals surface area (Å²) in [5.41, 5.74) is 1.56. The molecule has 170 valence electrons. The predicted molar refractivity (Wildman–Crippen MR) is 118 cm³/mol. The minimum absolute atomic E-state index is 0.128. The Morgan fingerprint density at radius 3 is 2.47 bits per heavy atom. The molecule has 0 spiro atoms. The number of rotatable bonds is 4. The van der Waals surface area contributed by atoms with Crippen molar-refractivity contribution in [3.05, 3.63) is 40.5 Å². The monoisotopic (exact) mass is 460 g/mol. The molecule has 0 radical (unpaired) electrons. The normalized spacial score (nSPS) is 18.4. The van der Waals surface area contributed by atoms with E-state index in [-0.39, 0.29) is 4.90 Å². The van der Waals surface area contributed by atoms with Crippen molar-refractivity contribution in [1.82, 2.24) is 19.3 Å². The molecule has 2 aliphatic heterocycles. The number of hydrogen-bond donors (Lipinski definition) is 1. The molecular formula is C20H24N6O5S. The number of hydrogen-bond acceptors (Lipinski definition) is 9. The zero-order chi connectivity index (χ0) is 22.3. The van der Waals surface area contributed by atoms with Crippen LogP contribution in [0.2, 0.25) is 0 Å². The lowest BCUT2D eigenvalue weighted by Gasteiger charge is -2.35. The van der Waals surface area contributed by atoms with Crippen molar-refractivity contribution in [3.8, 4) is 0 Å². The molecule has 3 aromatic rings. The van der Waals surface area contributed by atoms with Gasteiger partial charge in [0.25, 0.3) is 0 Å². The van der Waals surface area contributed by atoms with Gasteiger partial charge >= 0.3 is 5.76 Å². The van der Waals surface area contributed by atoms with Crippen LogP contribution in [-0.4, -0.2) is 80.2 Å². The maximum Gasteiger partial charge on any atom is 0.417 e. The maximum atomic E-state index is 13.1. The molecule has 12 heteroatoms. The average Bonchev–Trinajstić information content (AvgIpc) is 3.18. The van der Waals surface area contributed by atoms with Gasteiger partial charge in [-0.25, -0.2) is 18.2 Å². The Kier molecular flexibility index (Phi) is 5.35. The second-order valence-electron chi connectivity index (χ2n) is 7.83. The molecule has 11 nitrogen and oxygen atoms in total. The first-order chi connectivity index (χ1) is 15.4. The average molecular weight is 461 g/mol. The van der Waals surface area contributed by atoms with E-state index >= 15 is 0 Å². The van der Waals surface area contributed by atoms with Crippen LogP contribution < -0.4 is 15.6 Å². The van der Waals surface area contributed by atoms with Crippen molar-refractivity contribution in [2.45, 2.75) is 11.8 Å². The van der Waals surface area contributed by atoms with Crippen molar-refractivity contribution >= 4 is 32.9 Å². The molecule has 0 aliphatic carbocycles. The zero-order valence-corrected chi connectivity index (χ0v) is 18.5. The summed E-state index contributed by atoms with van der Waals surface area (Å²) in [7, 11) is -3.70. The van der Waals surface area contributed by atoms with Crippen molar-refractivity contribution < 1.29 is 17.6 Å². The van der Waals surface area contributed by atoms with Gasteiger partial charge in [-0.3, -0.25) is 4.98 Å². The van der Waals surface area contributed by atoms with Gasteiger partial charge < -0.3 is 19.0 Å². The topological polar surface area (TPSA) is 125 Å². The zero-order valence-electron chi connectivity index (χ0n) is 17.7. The van der Waals surface area contributed by atoms with Crippen LogP contribution in [0.15, 0.2) is 38.4 Å². The predicted octanol–water partition coefficient (Wildman–Crippen LogP) is 0.567. The van der Waals surface area contributed by atoms with E-state index < -0.39 is 15.8 Å². The lowest BCUT2D eigenvalue weighted by Crippen LogP contribution is -2.49. The molecule has 2 fully saturated rings. The minimum Gasteiger partial charge on any atom is -0.408 e. The van der Waals surface area contributed by atoms with Gasteiger partial charge in [0.15, 0.2) is 5.58 Å². The second kappa shape index (κ2) is 8.19. The van der Waals surface area contributed by atoms with Crippen LogP contribution in [0.25, 0.3) is 11.1 Å². The fourth-order valence-corrected chi connectivity index (χ4v) is 5.45. The molecule has 2 aromatic heterocycles. The number of morpholine rings is 1. The van der Waals surface area contributed by atoms with Crippen LogP contribution in [0.3, 0.4) is 0 Å². The summed E-state index contributed by atoms with van der Waals surface area (Å²) in [4.78, 5) is 27.5. The summed E-state index contributed by atoms with van der Waals surface area (Å²) in [6.45, 7) is 6.44. The number of aromatic nitrogens is 3. The molecule has 0 amide bonds. The Morgan fingerprint density at radius 2 is 1.72 bits per heavy atom. The third-order valence-electron chi connectivity index (χ3n) is 5.71. The quantitative estimate of drug-likeness (QED) is 0.595. The lowest BCUT2D eigenvalue weighted by atomic mass is 10.3. The highest BCUT2D eigenvalue weighted by Gasteiger charge is 2.30. The van der Waals surface area contributed by atoms with Gasteiger partial charge in [0, 0.05) is 51.0 Å². The Labute approximate surface area is 184 Å². The van der Waals surface area contributed by atoms with E-state index in [2.05, 4.69) is 19.8 Å².